The lowest BCUT2D eigenvalue weighted by Crippen LogP contribution is -2.39. The summed E-state index contributed by atoms with van der Waals surface area (Å²) in [6.07, 6.45) is 15.9. The van der Waals surface area contributed by atoms with E-state index < -0.39 is 18.0 Å². The molecule has 208 valence electrons. The molecule has 37 heavy (non-hydrogen) atoms. The molecule has 0 unspecified atom stereocenters. The third-order valence-electron chi connectivity index (χ3n) is 6.47. The van der Waals surface area contributed by atoms with Crippen LogP contribution in [0.2, 0.25) is 0 Å². The molecule has 6 nitrogen and oxygen atoms in total. The van der Waals surface area contributed by atoms with Crippen molar-refractivity contribution < 1.29 is 18.0 Å². The van der Waals surface area contributed by atoms with Gasteiger partial charge >= 0.3 is 12.2 Å². The molecule has 0 aliphatic rings. The number of urea groups is 1. The zero-order valence-corrected chi connectivity index (χ0v) is 22.3. The van der Waals surface area contributed by atoms with Gasteiger partial charge in [-0.15, -0.1) is 0 Å². The number of anilines is 1. The quantitative estimate of drug-likeness (QED) is 0.127. The van der Waals surface area contributed by atoms with E-state index in [9.17, 15) is 18.0 Å². The van der Waals surface area contributed by atoms with Gasteiger partial charge in [-0.05, 0) is 18.6 Å². The Kier molecular flexibility index (Phi) is 14.7. The first kappa shape index (κ1) is 30.6. The molecule has 2 amide bonds. The molecule has 0 aliphatic heterocycles. The molecule has 0 radical (unpaired) electrons. The summed E-state index contributed by atoms with van der Waals surface area (Å²) in [5, 5.41) is 3.10. The molecule has 1 aromatic carbocycles. The Morgan fingerprint density at radius 3 is 1.81 bits per heavy atom. The fourth-order valence-electron chi connectivity index (χ4n) is 4.33. The molecule has 0 spiro atoms. The van der Waals surface area contributed by atoms with Crippen LogP contribution >= 0.6 is 0 Å². The summed E-state index contributed by atoms with van der Waals surface area (Å²) in [5.74, 6) is -1.36. The van der Waals surface area contributed by atoms with Crippen LogP contribution in [0.4, 0.5) is 23.8 Å². The van der Waals surface area contributed by atoms with Gasteiger partial charge in [0.1, 0.15) is 0 Å². The van der Waals surface area contributed by atoms with Gasteiger partial charge < -0.3 is 5.32 Å². The van der Waals surface area contributed by atoms with E-state index in [0.29, 0.717) is 11.9 Å². The molecule has 0 atom stereocenters. The summed E-state index contributed by atoms with van der Waals surface area (Å²) in [7, 11) is 0. The fourth-order valence-corrected chi connectivity index (χ4v) is 4.33. The van der Waals surface area contributed by atoms with E-state index >= 15 is 0 Å². The number of carbonyl (C=O) groups excluding carboxylic acids is 1. The zero-order valence-electron chi connectivity index (χ0n) is 22.3. The molecule has 0 bridgehead atoms. The number of fused-ring (bicyclic) bond motifs is 1. The van der Waals surface area contributed by atoms with E-state index in [1.807, 2.05) is 0 Å². The third-order valence-corrected chi connectivity index (χ3v) is 6.47. The number of hydrogen-bond acceptors (Lipinski definition) is 4. The summed E-state index contributed by atoms with van der Waals surface area (Å²) in [4.78, 5) is 19.1. The Labute approximate surface area is 219 Å². The van der Waals surface area contributed by atoms with Crippen LogP contribution in [0.5, 0.6) is 0 Å². The molecule has 9 heteroatoms. The van der Waals surface area contributed by atoms with Gasteiger partial charge in [-0.25, -0.2) is 14.8 Å². The highest BCUT2D eigenvalue weighted by atomic mass is 19.4. The van der Waals surface area contributed by atoms with Gasteiger partial charge in [0.15, 0.2) is 5.82 Å². The Morgan fingerprint density at radius 2 is 1.27 bits per heavy atom. The van der Waals surface area contributed by atoms with Crippen LogP contribution < -0.4 is 16.2 Å². The first-order valence-corrected chi connectivity index (χ1v) is 14.1. The molecule has 2 aromatic rings. The second-order valence-corrected chi connectivity index (χ2v) is 9.72. The largest absolute Gasteiger partial charge is 0.451 e. The van der Waals surface area contributed by atoms with Gasteiger partial charge in [0.2, 0.25) is 5.82 Å². The molecule has 3 N–H and O–H groups in total. The maximum atomic E-state index is 13.1. The summed E-state index contributed by atoms with van der Waals surface area (Å²) in [5.41, 5.74) is 5.00. The van der Waals surface area contributed by atoms with E-state index in [1.165, 1.54) is 89.5 Å². The summed E-state index contributed by atoms with van der Waals surface area (Å²) in [6, 6.07) is 5.80. The van der Waals surface area contributed by atoms with Crippen molar-refractivity contribution in [1.82, 2.24) is 20.7 Å². The number of amides is 2. The van der Waals surface area contributed by atoms with Crippen LogP contribution in [-0.4, -0.2) is 22.5 Å². The van der Waals surface area contributed by atoms with Crippen molar-refractivity contribution in [2.75, 3.05) is 12.0 Å². The first-order chi connectivity index (χ1) is 17.9. The standard InChI is InChI=1S/C28H44F3N5O/c1-2-3-4-5-6-7-8-9-10-11-12-13-14-15-16-19-22-32-27(37)36-35-25-23-20-17-18-21-24(23)33-26(34-25)28(29,30)31/h17-18,20-21H,2-16,19,22H2,1H3,(H2,32,36,37)(H,33,34,35). The van der Waals surface area contributed by atoms with Gasteiger partial charge in [-0.3, -0.25) is 10.9 Å². The van der Waals surface area contributed by atoms with Gasteiger partial charge in [-0.2, -0.15) is 13.2 Å². The van der Waals surface area contributed by atoms with Gasteiger partial charge in [0.25, 0.3) is 0 Å². The van der Waals surface area contributed by atoms with E-state index in [4.69, 9.17) is 0 Å². The number of rotatable bonds is 19. The highest BCUT2D eigenvalue weighted by Crippen LogP contribution is 2.30. The predicted octanol–water partition coefficient (Wildman–Crippen LogP) is 8.54. The molecular weight excluding hydrogens is 479 g/mol. The predicted molar refractivity (Wildman–Crippen MR) is 144 cm³/mol. The maximum absolute atomic E-state index is 13.1. The number of unbranched alkanes of at least 4 members (excludes halogenated alkanes) is 15. The Hall–Kier alpha value is -2.58. The minimum Gasteiger partial charge on any atom is -0.337 e. The van der Waals surface area contributed by atoms with Crippen molar-refractivity contribution in [3.8, 4) is 0 Å². The Morgan fingerprint density at radius 1 is 0.757 bits per heavy atom. The van der Waals surface area contributed by atoms with Crippen molar-refractivity contribution in [3.63, 3.8) is 0 Å². The normalized spacial score (nSPS) is 11.6. The summed E-state index contributed by atoms with van der Waals surface area (Å²) >= 11 is 0. The Bertz CT molecular complexity index is 907. The maximum Gasteiger partial charge on any atom is 0.451 e. The average Bonchev–Trinajstić information content (AvgIpc) is 2.88. The molecule has 1 aromatic heterocycles. The number of nitrogens with one attached hydrogen (secondary N) is 3. The second-order valence-electron chi connectivity index (χ2n) is 9.72. The number of hydrazine groups is 1. The van der Waals surface area contributed by atoms with Crippen LogP contribution in [0.15, 0.2) is 24.3 Å². The topological polar surface area (TPSA) is 78.9 Å². The molecule has 2 rings (SSSR count). The van der Waals surface area contributed by atoms with Crippen LogP contribution in [0, 0.1) is 0 Å². The lowest BCUT2D eigenvalue weighted by atomic mass is 10.0. The number of benzene rings is 1. The van der Waals surface area contributed by atoms with Crippen molar-refractivity contribution in [1.29, 1.82) is 0 Å². The first-order valence-electron chi connectivity index (χ1n) is 14.1. The van der Waals surface area contributed by atoms with Crippen LogP contribution in [0.1, 0.15) is 115 Å². The lowest BCUT2D eigenvalue weighted by Gasteiger charge is -2.13. The van der Waals surface area contributed by atoms with Crippen molar-refractivity contribution in [2.45, 2.75) is 116 Å². The Balaban J connectivity index is 1.48. The minimum atomic E-state index is -4.68. The molecule has 0 aliphatic carbocycles. The minimum absolute atomic E-state index is 0.101. The molecule has 0 saturated heterocycles. The monoisotopic (exact) mass is 523 g/mol. The highest BCUT2D eigenvalue weighted by molar-refractivity contribution is 5.89. The van der Waals surface area contributed by atoms with Gasteiger partial charge in [-0.1, -0.05) is 115 Å². The van der Waals surface area contributed by atoms with Crippen molar-refractivity contribution >= 4 is 22.8 Å². The number of hydrogen-bond donors (Lipinski definition) is 3. The van der Waals surface area contributed by atoms with Crippen LogP contribution in [0.3, 0.4) is 0 Å². The molecule has 0 saturated carbocycles. The molecular formula is C28H44F3N5O. The van der Waals surface area contributed by atoms with E-state index in [2.05, 4.69) is 33.1 Å². The summed E-state index contributed by atoms with van der Waals surface area (Å²) < 4.78 is 39.3. The number of alkyl halides is 3. The third kappa shape index (κ3) is 13.0. The van der Waals surface area contributed by atoms with E-state index in [-0.39, 0.29) is 11.3 Å². The smallest absolute Gasteiger partial charge is 0.337 e. The molecule has 1 heterocycles. The van der Waals surface area contributed by atoms with Crippen molar-refractivity contribution in [3.05, 3.63) is 30.1 Å². The number of halogens is 3. The lowest BCUT2D eigenvalue weighted by molar-refractivity contribution is -0.144. The highest BCUT2D eigenvalue weighted by Gasteiger charge is 2.35. The van der Waals surface area contributed by atoms with Crippen LogP contribution in [0.25, 0.3) is 10.9 Å². The summed E-state index contributed by atoms with van der Waals surface area (Å²) in [6.45, 7) is 2.76. The average molecular weight is 524 g/mol. The second kappa shape index (κ2) is 17.8. The molecule has 0 fully saturated rings. The van der Waals surface area contributed by atoms with Gasteiger partial charge in [0, 0.05) is 11.9 Å². The number of nitrogens with zero attached hydrogens (tertiary/aromatic N) is 2. The van der Waals surface area contributed by atoms with E-state index in [1.54, 1.807) is 18.2 Å². The van der Waals surface area contributed by atoms with Crippen LogP contribution in [-0.2, 0) is 6.18 Å². The SMILES string of the molecule is CCCCCCCCCCCCCCCCCCNC(=O)NNc1nc(C(F)(F)F)nc2ccccc12. The van der Waals surface area contributed by atoms with Gasteiger partial charge in [0.05, 0.1) is 5.52 Å². The fraction of sp³-hybridized carbons (Fsp3) is 0.679. The number of para-hydroxylation sites is 1. The van der Waals surface area contributed by atoms with E-state index in [0.717, 1.165) is 19.3 Å². The zero-order chi connectivity index (χ0) is 26.8. The van der Waals surface area contributed by atoms with Crippen molar-refractivity contribution in [2.24, 2.45) is 0 Å². The number of aromatic nitrogens is 2. The number of carbonyl (C=O) groups is 1.